The number of halogens is 1. The molecular formula is C13H16ClN3O. The number of alkyl halides is 1. The van der Waals surface area contributed by atoms with Crippen LogP contribution in [-0.4, -0.2) is 33.6 Å². The first-order valence-corrected chi connectivity index (χ1v) is 6.81. The summed E-state index contributed by atoms with van der Waals surface area (Å²) < 4.78 is 7.70. The number of pyridine rings is 1. The molecule has 2 aromatic rings. The fraction of sp³-hybridized carbons (Fsp3) is 0.538. The van der Waals surface area contributed by atoms with Crippen LogP contribution in [0.2, 0.25) is 0 Å². The number of hydrogen-bond acceptors (Lipinski definition) is 3. The molecule has 1 unspecified atom stereocenters. The summed E-state index contributed by atoms with van der Waals surface area (Å²) in [5.41, 5.74) is 2.93. The van der Waals surface area contributed by atoms with E-state index in [-0.39, 0.29) is 0 Å². The van der Waals surface area contributed by atoms with Crippen molar-refractivity contribution in [3.8, 4) is 0 Å². The number of hydrogen-bond donors (Lipinski definition) is 0. The van der Waals surface area contributed by atoms with Crippen LogP contribution in [0.25, 0.3) is 11.2 Å². The van der Waals surface area contributed by atoms with Gasteiger partial charge in [-0.2, -0.15) is 0 Å². The molecule has 5 heteroatoms. The molecule has 1 atom stereocenters. The van der Waals surface area contributed by atoms with Crippen LogP contribution in [0.4, 0.5) is 0 Å². The third-order valence-electron chi connectivity index (χ3n) is 3.34. The molecule has 0 radical (unpaired) electrons. The number of nitrogens with zero attached hydrogens (tertiary/aromatic N) is 3. The van der Waals surface area contributed by atoms with E-state index in [1.165, 1.54) is 0 Å². The maximum atomic E-state index is 5.87. The Bertz CT molecular complexity index is 561. The Labute approximate surface area is 111 Å². The van der Waals surface area contributed by atoms with E-state index >= 15 is 0 Å². The molecule has 4 nitrogen and oxygen atoms in total. The number of fused-ring (bicyclic) bond motifs is 1. The minimum atomic E-state index is 0.350. The van der Waals surface area contributed by atoms with Gasteiger partial charge in [0.15, 0.2) is 5.65 Å². The highest BCUT2D eigenvalue weighted by molar-refractivity contribution is 6.17. The van der Waals surface area contributed by atoms with Gasteiger partial charge in [-0.1, -0.05) is 0 Å². The van der Waals surface area contributed by atoms with Crippen LogP contribution in [0.1, 0.15) is 24.0 Å². The van der Waals surface area contributed by atoms with Gasteiger partial charge >= 0.3 is 0 Å². The molecule has 0 aliphatic carbocycles. The summed E-state index contributed by atoms with van der Waals surface area (Å²) in [6, 6.07) is 4.37. The molecule has 1 saturated heterocycles. The van der Waals surface area contributed by atoms with E-state index in [0.717, 1.165) is 48.7 Å². The fourth-order valence-corrected chi connectivity index (χ4v) is 2.65. The Kier molecular flexibility index (Phi) is 3.22. The van der Waals surface area contributed by atoms with Gasteiger partial charge in [-0.3, -0.25) is 0 Å². The zero-order valence-electron chi connectivity index (χ0n) is 10.4. The highest BCUT2D eigenvalue weighted by atomic mass is 35.5. The zero-order valence-corrected chi connectivity index (χ0v) is 11.2. The van der Waals surface area contributed by atoms with Gasteiger partial charge < -0.3 is 9.30 Å². The van der Waals surface area contributed by atoms with Crippen molar-refractivity contribution in [2.24, 2.45) is 0 Å². The molecular weight excluding hydrogens is 250 g/mol. The van der Waals surface area contributed by atoms with Crippen molar-refractivity contribution >= 4 is 22.8 Å². The normalized spacial score (nSPS) is 19.8. The predicted octanol–water partition coefficient (Wildman–Crippen LogP) is 2.48. The van der Waals surface area contributed by atoms with E-state index in [4.69, 9.17) is 16.3 Å². The lowest BCUT2D eigenvalue weighted by Gasteiger charge is -2.14. The molecule has 1 aliphatic heterocycles. The van der Waals surface area contributed by atoms with Crippen LogP contribution in [0.5, 0.6) is 0 Å². The maximum absolute atomic E-state index is 5.87. The minimum absolute atomic E-state index is 0.350. The second-order valence-electron chi connectivity index (χ2n) is 4.65. The molecule has 18 heavy (non-hydrogen) atoms. The van der Waals surface area contributed by atoms with E-state index in [9.17, 15) is 0 Å². The lowest BCUT2D eigenvalue weighted by Crippen LogP contribution is -2.13. The molecule has 0 saturated carbocycles. The maximum Gasteiger partial charge on any atom is 0.160 e. The molecule has 0 amide bonds. The number of aromatic nitrogens is 3. The quantitative estimate of drug-likeness (QED) is 0.801. The molecule has 0 spiro atoms. The van der Waals surface area contributed by atoms with E-state index in [1.807, 2.05) is 19.1 Å². The summed E-state index contributed by atoms with van der Waals surface area (Å²) in [6.07, 6.45) is 1.80. The van der Waals surface area contributed by atoms with Gasteiger partial charge in [0.1, 0.15) is 11.3 Å². The van der Waals surface area contributed by atoms with Crippen molar-refractivity contribution in [3.05, 3.63) is 23.7 Å². The zero-order chi connectivity index (χ0) is 12.5. The summed E-state index contributed by atoms with van der Waals surface area (Å²) in [5.74, 6) is 1.60. The lowest BCUT2D eigenvalue weighted by atomic mass is 10.2. The molecule has 3 heterocycles. The Morgan fingerprint density at radius 3 is 3.06 bits per heavy atom. The molecule has 3 rings (SSSR count). The van der Waals surface area contributed by atoms with Gasteiger partial charge in [0, 0.05) is 24.6 Å². The number of ether oxygens (including phenoxy) is 1. The number of aryl methyl sites for hydroxylation is 2. The highest BCUT2D eigenvalue weighted by Gasteiger charge is 2.23. The van der Waals surface area contributed by atoms with Gasteiger partial charge in [0.25, 0.3) is 0 Å². The predicted molar refractivity (Wildman–Crippen MR) is 71.2 cm³/mol. The SMILES string of the molecule is Cc1ccc2nc(CCCl)n(C3CCOC3)c2n1. The van der Waals surface area contributed by atoms with Gasteiger partial charge in [-0.05, 0) is 25.5 Å². The summed E-state index contributed by atoms with van der Waals surface area (Å²) in [4.78, 5) is 9.27. The Morgan fingerprint density at radius 2 is 2.33 bits per heavy atom. The van der Waals surface area contributed by atoms with Crippen molar-refractivity contribution in [1.82, 2.24) is 14.5 Å². The van der Waals surface area contributed by atoms with Gasteiger partial charge in [0.2, 0.25) is 0 Å². The van der Waals surface area contributed by atoms with Crippen LogP contribution in [0.3, 0.4) is 0 Å². The fourth-order valence-electron chi connectivity index (χ4n) is 2.49. The molecule has 1 fully saturated rings. The Balaban J connectivity index is 2.16. The molecule has 2 aromatic heterocycles. The Hall–Kier alpha value is -1.13. The van der Waals surface area contributed by atoms with E-state index in [1.54, 1.807) is 0 Å². The summed E-state index contributed by atoms with van der Waals surface area (Å²) >= 11 is 5.87. The van der Waals surface area contributed by atoms with Crippen LogP contribution in [0, 0.1) is 6.92 Å². The summed E-state index contributed by atoms with van der Waals surface area (Å²) in [6.45, 7) is 3.57. The van der Waals surface area contributed by atoms with Crippen LogP contribution < -0.4 is 0 Å². The average Bonchev–Trinajstić information content (AvgIpc) is 2.95. The summed E-state index contributed by atoms with van der Waals surface area (Å²) in [5, 5.41) is 0. The van der Waals surface area contributed by atoms with Crippen molar-refractivity contribution in [1.29, 1.82) is 0 Å². The molecule has 0 N–H and O–H groups in total. The van der Waals surface area contributed by atoms with E-state index in [2.05, 4.69) is 14.5 Å². The summed E-state index contributed by atoms with van der Waals surface area (Å²) in [7, 11) is 0. The highest BCUT2D eigenvalue weighted by Crippen LogP contribution is 2.26. The van der Waals surface area contributed by atoms with Crippen LogP contribution in [-0.2, 0) is 11.2 Å². The van der Waals surface area contributed by atoms with Crippen LogP contribution in [0.15, 0.2) is 12.1 Å². The minimum Gasteiger partial charge on any atom is -0.379 e. The average molecular weight is 266 g/mol. The smallest absolute Gasteiger partial charge is 0.160 e. The van der Waals surface area contributed by atoms with Gasteiger partial charge in [0.05, 0.1) is 12.6 Å². The monoisotopic (exact) mass is 265 g/mol. The third kappa shape index (κ3) is 1.99. The molecule has 0 aromatic carbocycles. The molecule has 96 valence electrons. The first-order chi connectivity index (χ1) is 8.79. The van der Waals surface area contributed by atoms with E-state index in [0.29, 0.717) is 11.9 Å². The Morgan fingerprint density at radius 1 is 1.44 bits per heavy atom. The lowest BCUT2D eigenvalue weighted by molar-refractivity contribution is 0.186. The third-order valence-corrected chi connectivity index (χ3v) is 3.53. The van der Waals surface area contributed by atoms with Crippen molar-refractivity contribution < 1.29 is 4.74 Å². The largest absolute Gasteiger partial charge is 0.379 e. The first-order valence-electron chi connectivity index (χ1n) is 6.28. The van der Waals surface area contributed by atoms with E-state index < -0.39 is 0 Å². The van der Waals surface area contributed by atoms with Crippen LogP contribution >= 0.6 is 11.6 Å². The topological polar surface area (TPSA) is 39.9 Å². The number of imidazole rings is 1. The second kappa shape index (κ2) is 4.86. The standard InChI is InChI=1S/C13H16ClN3O/c1-9-2-3-11-13(15-9)17(10-5-7-18-8-10)12(16-11)4-6-14/h2-3,10H,4-8H2,1H3. The van der Waals surface area contributed by atoms with Crippen molar-refractivity contribution in [3.63, 3.8) is 0 Å². The molecule has 1 aliphatic rings. The van der Waals surface area contributed by atoms with Gasteiger partial charge in [-0.15, -0.1) is 11.6 Å². The first kappa shape index (κ1) is 11.9. The number of rotatable bonds is 3. The molecule has 0 bridgehead atoms. The van der Waals surface area contributed by atoms with Crippen molar-refractivity contribution in [2.45, 2.75) is 25.8 Å². The van der Waals surface area contributed by atoms with Crippen molar-refractivity contribution in [2.75, 3.05) is 19.1 Å². The van der Waals surface area contributed by atoms with Gasteiger partial charge in [-0.25, -0.2) is 9.97 Å². The second-order valence-corrected chi connectivity index (χ2v) is 5.03.